The lowest BCUT2D eigenvalue weighted by Crippen LogP contribution is -2.27. The van der Waals surface area contributed by atoms with Gasteiger partial charge in [-0.25, -0.2) is 0 Å². The molecule has 0 unspecified atom stereocenters. The van der Waals surface area contributed by atoms with E-state index in [1.165, 1.54) is 0 Å². The van der Waals surface area contributed by atoms with Crippen molar-refractivity contribution in [3.8, 4) is 0 Å². The number of carbonyl (C=O) groups excluding carboxylic acids is 1. The Morgan fingerprint density at radius 2 is 2.12 bits per heavy atom. The highest BCUT2D eigenvalue weighted by atomic mass is 16.1. The molecule has 0 bridgehead atoms. The molecule has 1 heterocycles. The number of likely N-dealkylation sites (N-methyl/N-ethyl adjacent to an activating group) is 1. The van der Waals surface area contributed by atoms with E-state index < -0.39 is 0 Å². The molecule has 5 nitrogen and oxygen atoms in total. The van der Waals surface area contributed by atoms with Crippen LogP contribution in [0.25, 0.3) is 10.8 Å². The fourth-order valence-electron chi connectivity index (χ4n) is 1.57. The molecule has 17 heavy (non-hydrogen) atoms. The van der Waals surface area contributed by atoms with Crippen molar-refractivity contribution in [2.75, 3.05) is 18.9 Å². The van der Waals surface area contributed by atoms with Crippen LogP contribution in [-0.4, -0.2) is 24.5 Å². The Bertz CT molecular complexity index is 604. The van der Waals surface area contributed by atoms with Crippen LogP contribution in [-0.2, 0) is 4.79 Å². The minimum Gasteiger partial charge on any atom is -0.362 e. The minimum atomic E-state index is -0.164. The zero-order chi connectivity index (χ0) is 12.3. The molecule has 0 aliphatic rings. The molecule has 0 saturated carbocycles. The molecule has 0 atom stereocenters. The molecule has 5 heteroatoms. The number of hydrogen-bond acceptors (Lipinski definition) is 3. The molecule has 0 saturated heterocycles. The maximum Gasteiger partial charge on any atom is 0.257 e. The number of carbonyl (C=O) groups is 1. The number of anilines is 1. The predicted octanol–water partition coefficient (Wildman–Crippen LogP) is 0.686. The van der Waals surface area contributed by atoms with E-state index in [1.54, 1.807) is 19.2 Å². The number of aromatic nitrogens is 1. The van der Waals surface area contributed by atoms with Gasteiger partial charge in [0.05, 0.1) is 6.54 Å². The van der Waals surface area contributed by atoms with E-state index in [2.05, 4.69) is 15.6 Å². The minimum absolute atomic E-state index is 0.130. The van der Waals surface area contributed by atoms with Crippen LogP contribution in [0, 0.1) is 0 Å². The number of benzene rings is 1. The van der Waals surface area contributed by atoms with Crippen molar-refractivity contribution < 1.29 is 4.79 Å². The molecule has 1 aromatic carbocycles. The van der Waals surface area contributed by atoms with Crippen molar-refractivity contribution in [3.05, 3.63) is 40.7 Å². The van der Waals surface area contributed by atoms with Crippen LogP contribution in [0.15, 0.2) is 35.1 Å². The number of amides is 1. The zero-order valence-corrected chi connectivity index (χ0v) is 9.41. The molecule has 0 radical (unpaired) electrons. The molecular formula is C12H13N3O2. The van der Waals surface area contributed by atoms with E-state index in [-0.39, 0.29) is 18.0 Å². The molecule has 88 valence electrons. The Morgan fingerprint density at radius 1 is 1.35 bits per heavy atom. The Kier molecular flexibility index (Phi) is 3.09. The Labute approximate surface area is 97.9 Å². The lowest BCUT2D eigenvalue weighted by Gasteiger charge is -2.06. The van der Waals surface area contributed by atoms with Crippen molar-refractivity contribution in [2.24, 2.45) is 0 Å². The van der Waals surface area contributed by atoms with Gasteiger partial charge in [-0.3, -0.25) is 9.59 Å². The quantitative estimate of drug-likeness (QED) is 0.727. The Morgan fingerprint density at radius 3 is 2.88 bits per heavy atom. The summed E-state index contributed by atoms with van der Waals surface area (Å²) in [5.74, 6) is 0.399. The van der Waals surface area contributed by atoms with Gasteiger partial charge in [0, 0.05) is 12.4 Å². The third-order valence-corrected chi connectivity index (χ3v) is 2.47. The van der Waals surface area contributed by atoms with Gasteiger partial charge in [0.2, 0.25) is 5.91 Å². The molecule has 0 aliphatic carbocycles. The molecule has 0 aliphatic heterocycles. The van der Waals surface area contributed by atoms with Gasteiger partial charge in [0.1, 0.15) is 5.82 Å². The topological polar surface area (TPSA) is 74.0 Å². The summed E-state index contributed by atoms with van der Waals surface area (Å²) in [5.41, 5.74) is -0.164. The summed E-state index contributed by atoms with van der Waals surface area (Å²) in [6.45, 7) is 0.130. The second kappa shape index (κ2) is 4.69. The summed E-state index contributed by atoms with van der Waals surface area (Å²) in [4.78, 5) is 25.5. The summed E-state index contributed by atoms with van der Waals surface area (Å²) < 4.78 is 0. The van der Waals surface area contributed by atoms with Crippen LogP contribution in [0.3, 0.4) is 0 Å². The van der Waals surface area contributed by atoms with Gasteiger partial charge < -0.3 is 15.6 Å². The van der Waals surface area contributed by atoms with E-state index in [1.807, 2.05) is 18.2 Å². The number of hydrogen-bond donors (Lipinski definition) is 3. The molecule has 0 fully saturated rings. The first-order valence-electron chi connectivity index (χ1n) is 5.27. The smallest absolute Gasteiger partial charge is 0.257 e. The zero-order valence-electron chi connectivity index (χ0n) is 9.41. The molecule has 1 amide bonds. The summed E-state index contributed by atoms with van der Waals surface area (Å²) in [5, 5.41) is 6.83. The highest BCUT2D eigenvalue weighted by Gasteiger charge is 2.02. The average Bonchev–Trinajstić information content (AvgIpc) is 2.36. The molecule has 0 spiro atoms. The van der Waals surface area contributed by atoms with Gasteiger partial charge >= 0.3 is 0 Å². The van der Waals surface area contributed by atoms with E-state index in [0.717, 1.165) is 5.39 Å². The fraction of sp³-hybridized carbons (Fsp3) is 0.167. The molecule has 1 aromatic heterocycles. The lowest BCUT2D eigenvalue weighted by atomic mass is 10.2. The van der Waals surface area contributed by atoms with Crippen molar-refractivity contribution in [1.29, 1.82) is 0 Å². The van der Waals surface area contributed by atoms with Gasteiger partial charge in [0.25, 0.3) is 5.56 Å². The van der Waals surface area contributed by atoms with E-state index in [0.29, 0.717) is 11.2 Å². The van der Waals surface area contributed by atoms with Crippen LogP contribution in [0.4, 0.5) is 5.82 Å². The van der Waals surface area contributed by atoms with Crippen LogP contribution >= 0.6 is 0 Å². The molecule has 2 rings (SSSR count). The number of rotatable bonds is 3. The summed E-state index contributed by atoms with van der Waals surface area (Å²) in [6.07, 6.45) is 0. The van der Waals surface area contributed by atoms with Crippen molar-refractivity contribution >= 4 is 22.5 Å². The maximum atomic E-state index is 11.7. The van der Waals surface area contributed by atoms with Crippen LogP contribution in [0.2, 0.25) is 0 Å². The normalized spacial score (nSPS) is 10.2. The first-order valence-corrected chi connectivity index (χ1v) is 5.27. The first-order chi connectivity index (χ1) is 8.20. The summed E-state index contributed by atoms with van der Waals surface area (Å²) in [6, 6.07) is 9.10. The SMILES string of the molecule is CNC(=O)CNc1cc2ccccc2c(=O)[nH]1. The molecule has 3 N–H and O–H groups in total. The summed E-state index contributed by atoms with van der Waals surface area (Å²) in [7, 11) is 1.56. The second-order valence-electron chi connectivity index (χ2n) is 3.63. The number of pyridine rings is 1. The predicted molar refractivity (Wildman–Crippen MR) is 67.1 cm³/mol. The van der Waals surface area contributed by atoms with Crippen LogP contribution < -0.4 is 16.2 Å². The van der Waals surface area contributed by atoms with Gasteiger partial charge in [0.15, 0.2) is 0 Å². The van der Waals surface area contributed by atoms with Gasteiger partial charge in [-0.1, -0.05) is 18.2 Å². The number of fused-ring (bicyclic) bond motifs is 1. The largest absolute Gasteiger partial charge is 0.362 e. The number of H-pyrrole nitrogens is 1. The third-order valence-electron chi connectivity index (χ3n) is 2.47. The fourth-order valence-corrected chi connectivity index (χ4v) is 1.57. The van der Waals surface area contributed by atoms with Gasteiger partial charge in [-0.05, 0) is 17.5 Å². The van der Waals surface area contributed by atoms with Gasteiger partial charge in [-0.15, -0.1) is 0 Å². The van der Waals surface area contributed by atoms with Crippen LogP contribution in [0.5, 0.6) is 0 Å². The summed E-state index contributed by atoms with van der Waals surface area (Å²) >= 11 is 0. The monoisotopic (exact) mass is 231 g/mol. The molecule has 2 aromatic rings. The van der Waals surface area contributed by atoms with Crippen LogP contribution in [0.1, 0.15) is 0 Å². The highest BCUT2D eigenvalue weighted by molar-refractivity contribution is 5.85. The number of nitrogens with one attached hydrogen (secondary N) is 3. The van der Waals surface area contributed by atoms with Crippen molar-refractivity contribution in [3.63, 3.8) is 0 Å². The van der Waals surface area contributed by atoms with E-state index in [9.17, 15) is 9.59 Å². The van der Waals surface area contributed by atoms with E-state index >= 15 is 0 Å². The average molecular weight is 231 g/mol. The Hall–Kier alpha value is -2.30. The highest BCUT2D eigenvalue weighted by Crippen LogP contribution is 2.12. The van der Waals surface area contributed by atoms with Crippen molar-refractivity contribution in [2.45, 2.75) is 0 Å². The lowest BCUT2D eigenvalue weighted by molar-refractivity contribution is -0.118. The van der Waals surface area contributed by atoms with Crippen molar-refractivity contribution in [1.82, 2.24) is 10.3 Å². The third kappa shape index (κ3) is 2.44. The number of aromatic amines is 1. The standard InChI is InChI=1S/C12H13N3O2/c1-13-11(16)7-14-10-6-8-4-2-3-5-9(8)12(17)15-10/h2-6H,7H2,1H3,(H,13,16)(H2,14,15,17). The molecular weight excluding hydrogens is 218 g/mol. The first kappa shape index (κ1) is 11.2. The maximum absolute atomic E-state index is 11.7. The second-order valence-corrected chi connectivity index (χ2v) is 3.63. The van der Waals surface area contributed by atoms with Gasteiger partial charge in [-0.2, -0.15) is 0 Å². The Balaban J connectivity index is 2.31. The van der Waals surface area contributed by atoms with E-state index in [4.69, 9.17) is 0 Å².